The molecule has 5 heterocycles. The zero-order valence-electron chi connectivity index (χ0n) is 21.6. The minimum absolute atomic E-state index is 0.0114. The van der Waals surface area contributed by atoms with Gasteiger partial charge in [0.05, 0.1) is 17.4 Å². The van der Waals surface area contributed by atoms with Crippen LogP contribution in [-0.4, -0.2) is 72.5 Å². The SMILES string of the molecule is CO[C@@H]1CCN(c2cc(NC(=O)N3CCCc4cc(CN5CCC(C)C5=O)c(C=O)nc43)ncc2C#N)C1. The molecule has 0 saturated carbocycles. The predicted molar refractivity (Wildman–Crippen MR) is 140 cm³/mol. The molecule has 5 rings (SSSR count). The Balaban J connectivity index is 1.36. The van der Waals surface area contributed by atoms with Gasteiger partial charge in [-0.15, -0.1) is 0 Å². The summed E-state index contributed by atoms with van der Waals surface area (Å²) >= 11 is 0. The summed E-state index contributed by atoms with van der Waals surface area (Å²) in [5, 5.41) is 12.4. The maximum absolute atomic E-state index is 13.4. The zero-order chi connectivity index (χ0) is 26.8. The van der Waals surface area contributed by atoms with Crippen molar-refractivity contribution in [2.24, 2.45) is 5.92 Å². The van der Waals surface area contributed by atoms with Crippen molar-refractivity contribution in [2.75, 3.05) is 48.4 Å². The van der Waals surface area contributed by atoms with E-state index in [1.165, 1.54) is 11.1 Å². The van der Waals surface area contributed by atoms with Crippen LogP contribution in [0.25, 0.3) is 0 Å². The highest BCUT2D eigenvalue weighted by atomic mass is 16.5. The highest BCUT2D eigenvalue weighted by molar-refractivity contribution is 6.02. The molecule has 2 saturated heterocycles. The van der Waals surface area contributed by atoms with Crippen LogP contribution >= 0.6 is 0 Å². The van der Waals surface area contributed by atoms with E-state index >= 15 is 0 Å². The van der Waals surface area contributed by atoms with E-state index < -0.39 is 6.03 Å². The van der Waals surface area contributed by atoms with E-state index in [4.69, 9.17) is 4.74 Å². The second-order valence-corrected chi connectivity index (χ2v) is 10.1. The maximum Gasteiger partial charge on any atom is 0.328 e. The summed E-state index contributed by atoms with van der Waals surface area (Å²) < 4.78 is 5.45. The van der Waals surface area contributed by atoms with Crippen LogP contribution in [0.4, 0.5) is 22.1 Å². The van der Waals surface area contributed by atoms with Gasteiger partial charge in [0.15, 0.2) is 6.29 Å². The van der Waals surface area contributed by atoms with Crippen LogP contribution in [0.15, 0.2) is 18.3 Å². The highest BCUT2D eigenvalue weighted by Crippen LogP contribution is 2.31. The van der Waals surface area contributed by atoms with Gasteiger partial charge in [-0.2, -0.15) is 5.26 Å². The number of hydrogen-bond acceptors (Lipinski definition) is 8. The summed E-state index contributed by atoms with van der Waals surface area (Å²) in [6.45, 7) is 4.75. The molecule has 2 atom stereocenters. The van der Waals surface area contributed by atoms with Crippen molar-refractivity contribution in [2.45, 2.75) is 45.3 Å². The average molecular weight is 518 g/mol. The second kappa shape index (κ2) is 10.8. The number of likely N-dealkylation sites (tertiary alicyclic amines) is 1. The van der Waals surface area contributed by atoms with Gasteiger partial charge in [-0.25, -0.2) is 14.8 Å². The number of urea groups is 1. The van der Waals surface area contributed by atoms with Crippen LogP contribution < -0.4 is 15.1 Å². The number of rotatable bonds is 6. The minimum Gasteiger partial charge on any atom is -0.380 e. The monoisotopic (exact) mass is 517 g/mol. The zero-order valence-corrected chi connectivity index (χ0v) is 21.6. The molecule has 0 radical (unpaired) electrons. The molecule has 2 fully saturated rings. The molecule has 3 aliphatic heterocycles. The average Bonchev–Trinajstić information content (AvgIpc) is 3.54. The van der Waals surface area contributed by atoms with Crippen molar-refractivity contribution in [3.63, 3.8) is 0 Å². The molecule has 3 aliphatic rings. The lowest BCUT2D eigenvalue weighted by atomic mass is 10.0. The first-order valence-electron chi connectivity index (χ1n) is 12.9. The van der Waals surface area contributed by atoms with E-state index in [-0.39, 0.29) is 23.6 Å². The lowest BCUT2D eigenvalue weighted by Crippen LogP contribution is -2.40. The number of aryl methyl sites for hydroxylation is 1. The number of anilines is 3. The number of carbonyl (C=O) groups excluding carboxylic acids is 3. The van der Waals surface area contributed by atoms with Crippen molar-refractivity contribution in [1.29, 1.82) is 5.26 Å². The molecule has 0 spiro atoms. The third-order valence-electron chi connectivity index (χ3n) is 7.61. The molecule has 0 bridgehead atoms. The molecule has 0 aromatic carbocycles. The van der Waals surface area contributed by atoms with E-state index in [1.54, 1.807) is 18.1 Å². The van der Waals surface area contributed by atoms with Gasteiger partial charge in [0.1, 0.15) is 23.4 Å². The summed E-state index contributed by atoms with van der Waals surface area (Å²) in [6, 6.07) is 5.38. The van der Waals surface area contributed by atoms with Crippen molar-refractivity contribution < 1.29 is 19.1 Å². The number of nitriles is 1. The molecule has 3 amide bonds. The number of fused-ring (bicyclic) bond motifs is 1. The summed E-state index contributed by atoms with van der Waals surface area (Å²) in [7, 11) is 1.67. The van der Waals surface area contributed by atoms with E-state index in [1.807, 2.05) is 13.0 Å². The van der Waals surface area contributed by atoms with Gasteiger partial charge in [0.2, 0.25) is 5.91 Å². The molecular weight excluding hydrogens is 486 g/mol. The van der Waals surface area contributed by atoms with Crippen LogP contribution in [0.1, 0.15) is 53.4 Å². The van der Waals surface area contributed by atoms with Crippen molar-refractivity contribution in [3.8, 4) is 6.07 Å². The van der Waals surface area contributed by atoms with Crippen LogP contribution in [-0.2, 0) is 22.5 Å². The number of aromatic nitrogens is 2. The molecule has 2 aromatic heterocycles. The van der Waals surface area contributed by atoms with Gasteiger partial charge in [-0.3, -0.25) is 19.8 Å². The van der Waals surface area contributed by atoms with Gasteiger partial charge >= 0.3 is 6.03 Å². The Kier molecular flexibility index (Phi) is 7.24. The third kappa shape index (κ3) is 4.91. The first kappa shape index (κ1) is 25.6. The highest BCUT2D eigenvalue weighted by Gasteiger charge is 2.31. The summed E-state index contributed by atoms with van der Waals surface area (Å²) in [6.07, 6.45) is 5.35. The van der Waals surface area contributed by atoms with E-state index in [9.17, 15) is 19.6 Å². The van der Waals surface area contributed by atoms with Gasteiger partial charge in [-0.1, -0.05) is 6.92 Å². The molecule has 0 aliphatic carbocycles. The van der Waals surface area contributed by atoms with Gasteiger partial charge in [-0.05, 0) is 37.3 Å². The number of methoxy groups -OCH3 is 1. The Morgan fingerprint density at radius 1 is 1.29 bits per heavy atom. The predicted octanol–water partition coefficient (Wildman–Crippen LogP) is 2.74. The summed E-state index contributed by atoms with van der Waals surface area (Å²) in [5.41, 5.74) is 2.92. The van der Waals surface area contributed by atoms with Crippen molar-refractivity contribution in [1.82, 2.24) is 14.9 Å². The fourth-order valence-electron chi connectivity index (χ4n) is 5.42. The fourth-order valence-corrected chi connectivity index (χ4v) is 5.42. The number of carbonyl (C=O) groups is 3. The number of hydrogen-bond donors (Lipinski definition) is 1. The Bertz CT molecular complexity index is 1310. The number of nitrogens with zero attached hydrogens (tertiary/aromatic N) is 6. The van der Waals surface area contributed by atoms with Gasteiger partial charge in [0, 0.05) is 63.6 Å². The summed E-state index contributed by atoms with van der Waals surface area (Å²) in [5.74, 6) is 0.840. The first-order valence-corrected chi connectivity index (χ1v) is 12.9. The van der Waals surface area contributed by atoms with Crippen LogP contribution in [0.5, 0.6) is 0 Å². The van der Waals surface area contributed by atoms with Crippen LogP contribution in [0.3, 0.4) is 0 Å². The lowest BCUT2D eigenvalue weighted by Gasteiger charge is -2.29. The summed E-state index contributed by atoms with van der Waals surface area (Å²) in [4.78, 5) is 51.9. The molecular formula is C27H31N7O4. The normalized spacial score (nSPS) is 20.9. The third-order valence-corrected chi connectivity index (χ3v) is 7.61. The number of pyridine rings is 2. The van der Waals surface area contributed by atoms with Crippen molar-refractivity contribution >= 4 is 35.5 Å². The van der Waals surface area contributed by atoms with E-state index in [0.29, 0.717) is 60.9 Å². The Morgan fingerprint density at radius 2 is 2.13 bits per heavy atom. The molecule has 198 valence electrons. The number of ether oxygens (including phenoxy) is 1. The van der Waals surface area contributed by atoms with Gasteiger partial charge < -0.3 is 14.5 Å². The number of aldehydes is 1. The second-order valence-electron chi connectivity index (χ2n) is 10.1. The first-order chi connectivity index (χ1) is 18.4. The Hall–Kier alpha value is -4.04. The standard InChI is InChI=1S/C27H31N7O4/c1-17-5-8-33(26(17)36)14-19-10-18-4-3-7-34(25(18)30-22(19)16-35)27(37)31-24-11-23(20(12-28)13-29-24)32-9-6-21(15-32)38-2/h10-11,13,16-17,21H,3-9,14-15H2,1-2H3,(H,29,31,37)/t17?,21-/m1/s1. The minimum atomic E-state index is -0.411. The molecule has 11 heteroatoms. The molecule has 1 N–H and O–H groups in total. The number of amides is 3. The number of nitrogens with one attached hydrogen (secondary N) is 1. The fraction of sp³-hybridized carbons (Fsp3) is 0.481. The van der Waals surface area contributed by atoms with E-state index in [2.05, 4.69) is 26.3 Å². The Morgan fingerprint density at radius 3 is 2.82 bits per heavy atom. The largest absolute Gasteiger partial charge is 0.380 e. The Labute approximate surface area is 221 Å². The quantitative estimate of drug-likeness (QED) is 0.579. The molecule has 38 heavy (non-hydrogen) atoms. The van der Waals surface area contributed by atoms with Crippen molar-refractivity contribution in [3.05, 3.63) is 40.7 Å². The molecule has 11 nitrogen and oxygen atoms in total. The topological polar surface area (TPSA) is 132 Å². The lowest BCUT2D eigenvalue weighted by molar-refractivity contribution is -0.131. The van der Waals surface area contributed by atoms with Crippen LogP contribution in [0, 0.1) is 17.2 Å². The maximum atomic E-state index is 13.4. The van der Waals surface area contributed by atoms with Gasteiger partial charge in [0.25, 0.3) is 0 Å². The smallest absolute Gasteiger partial charge is 0.328 e. The van der Waals surface area contributed by atoms with Crippen LogP contribution in [0.2, 0.25) is 0 Å². The molecule has 1 unspecified atom stereocenters. The molecule has 2 aromatic rings. The van der Waals surface area contributed by atoms with E-state index in [0.717, 1.165) is 37.8 Å².